The highest BCUT2D eigenvalue weighted by atomic mass is 32.1. The minimum atomic E-state index is -0.779. The number of carbonyl (C=O) groups is 1. The number of benzene rings is 2. The number of hydrogen-bond donors (Lipinski definition) is 1. The van der Waals surface area contributed by atoms with Gasteiger partial charge < -0.3 is 4.74 Å². The van der Waals surface area contributed by atoms with Crippen molar-refractivity contribution in [2.45, 2.75) is 20.0 Å². The number of carbonyl (C=O) groups excluding carboxylic acids is 1. The van der Waals surface area contributed by atoms with E-state index >= 15 is 0 Å². The van der Waals surface area contributed by atoms with Crippen LogP contribution in [0.5, 0.6) is 5.75 Å². The lowest BCUT2D eigenvalue weighted by Gasteiger charge is -2.13. The monoisotopic (exact) mass is 374 g/mol. The Balaban J connectivity index is 1.68. The molecule has 0 saturated heterocycles. The number of aryl methyl sites for hydroxylation is 1. The first-order chi connectivity index (χ1) is 12.4. The van der Waals surface area contributed by atoms with Crippen LogP contribution in [0, 0.1) is 18.6 Å². The van der Waals surface area contributed by atoms with E-state index < -0.39 is 6.10 Å². The van der Waals surface area contributed by atoms with E-state index in [1.807, 2.05) is 6.92 Å². The second-order valence-corrected chi connectivity index (χ2v) is 6.84. The molecular weight excluding hydrogens is 358 g/mol. The summed E-state index contributed by atoms with van der Waals surface area (Å²) in [4.78, 5) is 17.6. The average molecular weight is 374 g/mol. The molecule has 1 N–H and O–H groups in total. The summed E-state index contributed by atoms with van der Waals surface area (Å²) in [5, 5.41) is 3.14. The second-order valence-electron chi connectivity index (χ2n) is 5.63. The molecule has 1 aromatic heterocycles. The van der Waals surface area contributed by atoms with Crippen molar-refractivity contribution in [1.82, 2.24) is 4.98 Å². The van der Waals surface area contributed by atoms with Crippen molar-refractivity contribution >= 4 is 22.4 Å². The van der Waals surface area contributed by atoms with Crippen molar-refractivity contribution in [1.29, 1.82) is 0 Å². The lowest BCUT2D eigenvalue weighted by molar-refractivity contribution is -0.122. The van der Waals surface area contributed by atoms with Crippen LogP contribution in [0.1, 0.15) is 11.8 Å². The summed E-state index contributed by atoms with van der Waals surface area (Å²) < 4.78 is 31.5. The maximum Gasteiger partial charge on any atom is 0.266 e. The molecular formula is C19H16F2N2O2S. The van der Waals surface area contributed by atoms with Gasteiger partial charge >= 0.3 is 0 Å². The Morgan fingerprint density at radius 1 is 1.08 bits per heavy atom. The first-order valence-electron chi connectivity index (χ1n) is 7.89. The molecule has 0 aliphatic heterocycles. The van der Waals surface area contributed by atoms with E-state index in [1.54, 1.807) is 19.1 Å². The van der Waals surface area contributed by atoms with Crippen LogP contribution in [-0.4, -0.2) is 17.0 Å². The highest BCUT2D eigenvalue weighted by Crippen LogP contribution is 2.30. The van der Waals surface area contributed by atoms with Crippen LogP contribution >= 0.6 is 11.3 Å². The Kier molecular flexibility index (Phi) is 5.27. The fourth-order valence-electron chi connectivity index (χ4n) is 2.30. The number of hydrogen-bond acceptors (Lipinski definition) is 4. The number of ether oxygens (including phenoxy) is 1. The topological polar surface area (TPSA) is 51.2 Å². The predicted molar refractivity (Wildman–Crippen MR) is 97.4 cm³/mol. The van der Waals surface area contributed by atoms with Crippen molar-refractivity contribution in [2.24, 2.45) is 0 Å². The van der Waals surface area contributed by atoms with Crippen LogP contribution in [0.3, 0.4) is 0 Å². The smallest absolute Gasteiger partial charge is 0.266 e. The lowest BCUT2D eigenvalue weighted by Crippen LogP contribution is -2.30. The molecule has 1 atom stereocenters. The zero-order valence-electron chi connectivity index (χ0n) is 14.1. The number of halogens is 2. The van der Waals surface area contributed by atoms with Gasteiger partial charge in [0.2, 0.25) is 0 Å². The van der Waals surface area contributed by atoms with Gasteiger partial charge in [0, 0.05) is 10.4 Å². The number of nitrogens with zero attached hydrogens (tertiary/aromatic N) is 1. The molecule has 1 amide bonds. The summed E-state index contributed by atoms with van der Waals surface area (Å²) in [7, 11) is 0. The van der Waals surface area contributed by atoms with Crippen molar-refractivity contribution < 1.29 is 18.3 Å². The van der Waals surface area contributed by atoms with Crippen LogP contribution in [0.4, 0.5) is 13.9 Å². The van der Waals surface area contributed by atoms with Crippen molar-refractivity contribution in [2.75, 3.05) is 5.32 Å². The number of thiazole rings is 1. The molecule has 0 aliphatic rings. The first kappa shape index (κ1) is 18.0. The van der Waals surface area contributed by atoms with Gasteiger partial charge in [-0.3, -0.25) is 10.1 Å². The largest absolute Gasteiger partial charge is 0.481 e. The van der Waals surface area contributed by atoms with Crippen molar-refractivity contribution in [3.63, 3.8) is 0 Å². The Morgan fingerprint density at radius 3 is 2.27 bits per heavy atom. The van der Waals surface area contributed by atoms with Gasteiger partial charge in [0.1, 0.15) is 17.4 Å². The quantitative estimate of drug-likeness (QED) is 0.698. The Hall–Kier alpha value is -2.80. The summed E-state index contributed by atoms with van der Waals surface area (Å²) in [6, 6.07) is 11.5. The minimum Gasteiger partial charge on any atom is -0.481 e. The molecule has 7 heteroatoms. The number of anilines is 1. The molecule has 1 unspecified atom stereocenters. The molecule has 0 fully saturated rings. The number of aromatic nitrogens is 1. The average Bonchev–Trinajstić information content (AvgIpc) is 2.97. The lowest BCUT2D eigenvalue weighted by atomic mass is 10.1. The van der Waals surface area contributed by atoms with Crippen molar-refractivity contribution in [3.05, 3.63) is 65.0 Å². The van der Waals surface area contributed by atoms with Crippen molar-refractivity contribution in [3.8, 4) is 17.0 Å². The number of nitrogens with one attached hydrogen (secondary N) is 1. The highest BCUT2D eigenvalue weighted by Gasteiger charge is 2.18. The fourth-order valence-corrected chi connectivity index (χ4v) is 3.14. The van der Waals surface area contributed by atoms with E-state index in [0.717, 1.165) is 10.4 Å². The molecule has 2 aromatic carbocycles. The molecule has 0 radical (unpaired) electrons. The zero-order valence-corrected chi connectivity index (χ0v) is 14.9. The number of rotatable bonds is 5. The van der Waals surface area contributed by atoms with Gasteiger partial charge in [-0.15, -0.1) is 11.3 Å². The third-order valence-electron chi connectivity index (χ3n) is 3.64. The predicted octanol–water partition coefficient (Wildman–Crippen LogP) is 4.80. The Morgan fingerprint density at radius 2 is 1.65 bits per heavy atom. The van der Waals surface area contributed by atoms with E-state index in [2.05, 4.69) is 10.3 Å². The van der Waals surface area contributed by atoms with Crippen LogP contribution < -0.4 is 10.1 Å². The van der Waals surface area contributed by atoms with Gasteiger partial charge in [0.05, 0.1) is 5.69 Å². The summed E-state index contributed by atoms with van der Waals surface area (Å²) in [6.45, 7) is 3.48. The highest BCUT2D eigenvalue weighted by molar-refractivity contribution is 7.16. The van der Waals surface area contributed by atoms with E-state index in [4.69, 9.17) is 4.74 Å². The van der Waals surface area contributed by atoms with Crippen LogP contribution in [0.2, 0.25) is 0 Å². The zero-order chi connectivity index (χ0) is 18.7. The Bertz CT molecular complexity index is 908. The SMILES string of the molecule is Cc1sc(NC(=O)C(C)Oc2ccc(F)cc2)nc1-c1ccc(F)cc1. The second kappa shape index (κ2) is 7.61. The molecule has 3 aromatic rings. The van der Waals surface area contributed by atoms with Crippen LogP contribution in [-0.2, 0) is 4.79 Å². The van der Waals surface area contributed by atoms with Gasteiger partial charge in [0.15, 0.2) is 11.2 Å². The molecule has 4 nitrogen and oxygen atoms in total. The summed E-state index contributed by atoms with van der Waals surface area (Å²) in [6.07, 6.45) is -0.779. The van der Waals surface area contributed by atoms with E-state index in [9.17, 15) is 13.6 Å². The maximum atomic E-state index is 13.1. The van der Waals surface area contributed by atoms with Gasteiger partial charge in [-0.25, -0.2) is 13.8 Å². The third-order valence-corrected chi connectivity index (χ3v) is 4.53. The van der Waals surface area contributed by atoms with Crippen LogP contribution in [0.15, 0.2) is 48.5 Å². The van der Waals surface area contributed by atoms with Gasteiger partial charge in [0.25, 0.3) is 5.91 Å². The third kappa shape index (κ3) is 4.23. The molecule has 26 heavy (non-hydrogen) atoms. The fraction of sp³-hybridized carbons (Fsp3) is 0.158. The molecule has 134 valence electrons. The summed E-state index contributed by atoms with van der Waals surface area (Å²) in [5.74, 6) is -0.659. The van der Waals surface area contributed by atoms with Gasteiger partial charge in [-0.05, 0) is 62.4 Å². The summed E-state index contributed by atoms with van der Waals surface area (Å²) in [5.41, 5.74) is 1.47. The molecule has 0 saturated carbocycles. The van der Waals surface area contributed by atoms with E-state index in [1.165, 1.54) is 47.7 Å². The summed E-state index contributed by atoms with van der Waals surface area (Å²) >= 11 is 1.33. The standard InChI is InChI=1S/C19H16F2N2O2S/c1-11(25-16-9-7-15(21)8-10-16)18(24)23-19-22-17(12(2)26-19)13-3-5-14(20)6-4-13/h3-11H,1-2H3,(H,22,23,24). The minimum absolute atomic E-state index is 0.318. The van der Waals surface area contributed by atoms with Crippen LogP contribution in [0.25, 0.3) is 11.3 Å². The van der Waals surface area contributed by atoms with E-state index in [0.29, 0.717) is 16.6 Å². The van der Waals surface area contributed by atoms with E-state index in [-0.39, 0.29) is 17.5 Å². The normalized spacial score (nSPS) is 11.8. The maximum absolute atomic E-state index is 13.1. The number of amides is 1. The van der Waals surface area contributed by atoms with Gasteiger partial charge in [-0.2, -0.15) is 0 Å². The molecule has 0 aliphatic carbocycles. The Labute approximate surface area is 153 Å². The molecule has 3 rings (SSSR count). The molecule has 1 heterocycles. The molecule has 0 spiro atoms. The molecule has 0 bridgehead atoms. The first-order valence-corrected chi connectivity index (χ1v) is 8.70. The van der Waals surface area contributed by atoms with Gasteiger partial charge in [-0.1, -0.05) is 0 Å².